The van der Waals surface area contributed by atoms with Crippen molar-refractivity contribution in [2.45, 2.75) is 25.9 Å². The van der Waals surface area contributed by atoms with Gasteiger partial charge in [-0.3, -0.25) is 0 Å². The Kier molecular flexibility index (Phi) is 5.02. The fourth-order valence-corrected chi connectivity index (χ4v) is 3.91. The van der Waals surface area contributed by atoms with Crippen molar-refractivity contribution in [3.8, 4) is 11.4 Å². The highest BCUT2D eigenvalue weighted by Crippen LogP contribution is 2.32. The topological polar surface area (TPSA) is 119 Å². The highest BCUT2D eigenvalue weighted by molar-refractivity contribution is 5.61. The van der Waals surface area contributed by atoms with Crippen LogP contribution in [-0.2, 0) is 17.7 Å². The van der Waals surface area contributed by atoms with E-state index in [9.17, 15) is 4.39 Å². The summed E-state index contributed by atoms with van der Waals surface area (Å²) in [4.78, 5) is 30.4. The van der Waals surface area contributed by atoms with Crippen molar-refractivity contribution in [1.29, 1.82) is 0 Å². The third-order valence-corrected chi connectivity index (χ3v) is 5.50. The van der Waals surface area contributed by atoms with Crippen molar-refractivity contribution in [2.24, 2.45) is 0 Å². The molecule has 1 saturated heterocycles. The first kappa shape index (κ1) is 19.5. The molecule has 1 unspecified atom stereocenters. The van der Waals surface area contributed by atoms with E-state index < -0.39 is 5.82 Å². The van der Waals surface area contributed by atoms with Gasteiger partial charge < -0.3 is 20.3 Å². The molecule has 3 aromatic rings. The van der Waals surface area contributed by atoms with Gasteiger partial charge in [0.2, 0.25) is 11.9 Å². The van der Waals surface area contributed by atoms with Crippen molar-refractivity contribution in [3.63, 3.8) is 0 Å². The number of anilines is 3. The largest absolute Gasteiger partial charge is 0.377 e. The second kappa shape index (κ2) is 7.99. The molecule has 2 aliphatic heterocycles. The number of rotatable bonds is 3. The Morgan fingerprint density at radius 3 is 2.58 bits per heavy atom. The Bertz CT molecular complexity index is 1080. The van der Waals surface area contributed by atoms with Crippen LogP contribution >= 0.6 is 0 Å². The number of fused-ring (bicyclic) bond motifs is 1. The predicted molar refractivity (Wildman–Crippen MR) is 112 cm³/mol. The van der Waals surface area contributed by atoms with E-state index in [-0.39, 0.29) is 12.0 Å². The molecule has 31 heavy (non-hydrogen) atoms. The molecule has 0 aliphatic carbocycles. The van der Waals surface area contributed by atoms with Crippen molar-refractivity contribution in [2.75, 3.05) is 41.8 Å². The minimum atomic E-state index is -0.460. The predicted octanol–water partition coefficient (Wildman–Crippen LogP) is 1.23. The minimum Gasteiger partial charge on any atom is -0.377 e. The Morgan fingerprint density at radius 1 is 1.06 bits per heavy atom. The van der Waals surface area contributed by atoms with Gasteiger partial charge in [0.1, 0.15) is 5.82 Å². The van der Waals surface area contributed by atoms with Crippen LogP contribution in [0.15, 0.2) is 24.8 Å². The summed E-state index contributed by atoms with van der Waals surface area (Å²) in [5.74, 6) is 1.66. The quantitative estimate of drug-likeness (QED) is 0.659. The molecule has 5 rings (SSSR count). The van der Waals surface area contributed by atoms with Crippen LogP contribution in [0.3, 0.4) is 0 Å². The molecule has 10 nitrogen and oxygen atoms in total. The lowest BCUT2D eigenvalue weighted by Crippen LogP contribution is -2.45. The van der Waals surface area contributed by atoms with E-state index in [1.807, 2.05) is 4.90 Å². The van der Waals surface area contributed by atoms with E-state index in [2.05, 4.69) is 31.8 Å². The van der Waals surface area contributed by atoms with Gasteiger partial charge in [0.05, 0.1) is 49.5 Å². The highest BCUT2D eigenvalue weighted by Gasteiger charge is 2.29. The van der Waals surface area contributed by atoms with Gasteiger partial charge in [0.15, 0.2) is 11.6 Å². The molecular formula is C20H22FN9O. The summed E-state index contributed by atoms with van der Waals surface area (Å²) in [6, 6.07) is 0.196. The van der Waals surface area contributed by atoms with Crippen LogP contribution in [0.4, 0.5) is 22.1 Å². The molecule has 1 fully saturated rings. The zero-order valence-electron chi connectivity index (χ0n) is 17.1. The molecule has 5 heterocycles. The lowest BCUT2D eigenvalue weighted by Gasteiger charge is -2.37. The van der Waals surface area contributed by atoms with Crippen molar-refractivity contribution in [1.82, 2.24) is 29.9 Å². The first-order valence-electron chi connectivity index (χ1n) is 10.1. The molecular weight excluding hydrogens is 401 g/mol. The van der Waals surface area contributed by atoms with Crippen molar-refractivity contribution in [3.05, 3.63) is 41.9 Å². The van der Waals surface area contributed by atoms with E-state index in [4.69, 9.17) is 20.4 Å². The van der Waals surface area contributed by atoms with E-state index in [1.54, 1.807) is 12.4 Å². The molecule has 3 aromatic heterocycles. The van der Waals surface area contributed by atoms with Crippen LogP contribution in [-0.4, -0.2) is 62.2 Å². The summed E-state index contributed by atoms with van der Waals surface area (Å²) in [6.07, 6.45) is 6.33. The molecule has 0 amide bonds. The molecule has 160 valence electrons. The van der Waals surface area contributed by atoms with Crippen LogP contribution < -0.4 is 15.5 Å². The maximum absolute atomic E-state index is 13.3. The van der Waals surface area contributed by atoms with Gasteiger partial charge in [-0.25, -0.2) is 34.3 Å². The van der Waals surface area contributed by atoms with Crippen LogP contribution in [0, 0.1) is 5.82 Å². The Labute approximate surface area is 178 Å². The summed E-state index contributed by atoms with van der Waals surface area (Å²) >= 11 is 0. The molecule has 11 heteroatoms. The average molecular weight is 423 g/mol. The lowest BCUT2D eigenvalue weighted by atomic mass is 10.0. The first-order chi connectivity index (χ1) is 15.1. The SMILES string of the molecule is CC1COCCN1c1nc(-c2cnc(N)nc2)nc2c1CCN(c1ncc(F)cn1)C2. The smallest absolute Gasteiger partial charge is 0.225 e. The van der Waals surface area contributed by atoms with E-state index in [1.165, 1.54) is 12.4 Å². The molecule has 0 aromatic carbocycles. The fraction of sp³-hybridized carbons (Fsp3) is 0.400. The second-order valence-corrected chi connectivity index (χ2v) is 7.62. The number of ether oxygens (including phenoxy) is 1. The Balaban J connectivity index is 1.57. The van der Waals surface area contributed by atoms with Crippen LogP contribution in [0.1, 0.15) is 18.2 Å². The minimum absolute atomic E-state index is 0.196. The average Bonchev–Trinajstić information content (AvgIpc) is 2.79. The molecule has 2 N–H and O–H groups in total. The molecule has 0 spiro atoms. The van der Waals surface area contributed by atoms with E-state index >= 15 is 0 Å². The number of morpholine rings is 1. The van der Waals surface area contributed by atoms with Gasteiger partial charge in [-0.15, -0.1) is 0 Å². The van der Waals surface area contributed by atoms with Crippen molar-refractivity contribution >= 4 is 17.7 Å². The number of nitrogens with two attached hydrogens (primary N) is 1. The van der Waals surface area contributed by atoms with Gasteiger partial charge in [-0.1, -0.05) is 0 Å². The lowest BCUT2D eigenvalue weighted by molar-refractivity contribution is 0.0984. The van der Waals surface area contributed by atoms with Crippen LogP contribution in [0.25, 0.3) is 11.4 Å². The van der Waals surface area contributed by atoms with E-state index in [0.29, 0.717) is 43.6 Å². The van der Waals surface area contributed by atoms with Crippen LogP contribution in [0.5, 0.6) is 0 Å². The Hall–Kier alpha value is -3.47. The molecule has 0 saturated carbocycles. The number of halogens is 1. The molecule has 2 aliphatic rings. The van der Waals surface area contributed by atoms with Gasteiger partial charge in [-0.2, -0.15) is 0 Å². The van der Waals surface area contributed by atoms with Gasteiger partial charge in [0, 0.05) is 31.0 Å². The first-order valence-corrected chi connectivity index (χ1v) is 10.1. The number of aromatic nitrogens is 6. The van der Waals surface area contributed by atoms with Crippen molar-refractivity contribution < 1.29 is 9.13 Å². The molecule has 1 atom stereocenters. The highest BCUT2D eigenvalue weighted by atomic mass is 19.1. The maximum Gasteiger partial charge on any atom is 0.225 e. The standard InChI is InChI=1S/C20H22FN9O/c1-12-11-31-5-4-30(12)18-15-2-3-29(20-25-8-14(21)9-26-20)10-16(15)27-17(28-18)13-6-23-19(22)24-7-13/h6-9,12H,2-5,10-11H2,1H3,(H2,22,23,24). The van der Waals surface area contributed by atoms with E-state index in [0.717, 1.165) is 30.0 Å². The normalized spacial score (nSPS) is 18.7. The number of nitrogen functional groups attached to an aromatic ring is 1. The summed E-state index contributed by atoms with van der Waals surface area (Å²) < 4.78 is 18.9. The van der Waals surface area contributed by atoms with Gasteiger partial charge in [0.25, 0.3) is 0 Å². The van der Waals surface area contributed by atoms with Gasteiger partial charge >= 0.3 is 0 Å². The Morgan fingerprint density at radius 2 is 1.84 bits per heavy atom. The molecule has 0 radical (unpaired) electrons. The maximum atomic E-state index is 13.3. The van der Waals surface area contributed by atoms with Crippen LogP contribution in [0.2, 0.25) is 0 Å². The third-order valence-electron chi connectivity index (χ3n) is 5.50. The summed E-state index contributed by atoms with van der Waals surface area (Å²) in [5.41, 5.74) is 8.32. The summed E-state index contributed by atoms with van der Waals surface area (Å²) in [5, 5.41) is 0. The third kappa shape index (κ3) is 3.83. The zero-order valence-corrected chi connectivity index (χ0v) is 17.1. The number of hydrogen-bond donors (Lipinski definition) is 1. The summed E-state index contributed by atoms with van der Waals surface area (Å²) in [6.45, 7) is 5.37. The van der Waals surface area contributed by atoms with Gasteiger partial charge in [-0.05, 0) is 13.3 Å². The second-order valence-electron chi connectivity index (χ2n) is 7.62. The monoisotopic (exact) mass is 423 g/mol. The summed E-state index contributed by atoms with van der Waals surface area (Å²) in [7, 11) is 0. The fourth-order valence-electron chi connectivity index (χ4n) is 3.91. The number of hydrogen-bond acceptors (Lipinski definition) is 10. The number of nitrogens with zero attached hydrogens (tertiary/aromatic N) is 8. The molecule has 0 bridgehead atoms. The zero-order chi connectivity index (χ0) is 21.4.